The fourth-order valence-electron chi connectivity index (χ4n) is 2.33. The smallest absolute Gasteiger partial charge is 0.257 e. The Balaban J connectivity index is 1.64. The molecule has 1 aromatic heterocycles. The number of nitrogens with two attached hydrogens (primary N) is 1. The first-order valence-corrected chi connectivity index (χ1v) is 7.56. The van der Waals surface area contributed by atoms with Gasteiger partial charge in [0.2, 0.25) is 0 Å². The number of hydrogen-bond donors (Lipinski definition) is 2. The van der Waals surface area contributed by atoms with Gasteiger partial charge in [-0.15, -0.1) is 0 Å². The highest BCUT2D eigenvalue weighted by molar-refractivity contribution is 5.96. The largest absolute Gasteiger partial charge is 0.320 e. The summed E-state index contributed by atoms with van der Waals surface area (Å²) >= 11 is 0. The third-order valence-electron chi connectivity index (χ3n) is 3.54. The molecule has 3 N–H and O–H groups in total. The SMILES string of the molecule is N[C@@H](Cc1ccccc1)C(=O)N/N=C\c1cccc2nccnc12. The summed E-state index contributed by atoms with van der Waals surface area (Å²) in [4.78, 5) is 20.5. The number of carbonyl (C=O) groups is 1. The average molecular weight is 319 g/mol. The molecule has 0 radical (unpaired) electrons. The van der Waals surface area contributed by atoms with E-state index in [1.165, 1.54) is 0 Å². The van der Waals surface area contributed by atoms with Crippen molar-refractivity contribution in [1.29, 1.82) is 0 Å². The summed E-state index contributed by atoms with van der Waals surface area (Å²) in [6.07, 6.45) is 5.26. The standard InChI is InChI=1S/C18H17N5O/c19-15(11-13-5-2-1-3-6-13)18(24)23-22-12-14-7-4-8-16-17(14)21-10-9-20-16/h1-10,12,15H,11,19H2,(H,23,24)/b22-12-/t15-/m0/s1. The van der Waals surface area contributed by atoms with Gasteiger partial charge in [-0.1, -0.05) is 42.5 Å². The minimum atomic E-state index is -0.656. The molecule has 1 atom stereocenters. The van der Waals surface area contributed by atoms with Crippen molar-refractivity contribution in [3.05, 3.63) is 72.1 Å². The summed E-state index contributed by atoms with van der Waals surface area (Å²) in [5, 5.41) is 3.98. The fourth-order valence-corrected chi connectivity index (χ4v) is 2.33. The van der Waals surface area contributed by atoms with E-state index in [0.717, 1.165) is 22.2 Å². The Morgan fingerprint density at radius 1 is 1.12 bits per heavy atom. The van der Waals surface area contributed by atoms with Gasteiger partial charge in [0.05, 0.1) is 23.3 Å². The molecule has 0 aliphatic rings. The maximum atomic E-state index is 12.0. The normalized spacial score (nSPS) is 12.4. The third-order valence-corrected chi connectivity index (χ3v) is 3.54. The van der Waals surface area contributed by atoms with Gasteiger partial charge in [-0.2, -0.15) is 5.10 Å². The Labute approximate surface area is 139 Å². The van der Waals surface area contributed by atoms with Crippen molar-refractivity contribution in [2.24, 2.45) is 10.8 Å². The molecular formula is C18H17N5O. The van der Waals surface area contributed by atoms with E-state index in [0.29, 0.717) is 6.42 Å². The van der Waals surface area contributed by atoms with Gasteiger partial charge in [-0.05, 0) is 18.1 Å². The van der Waals surface area contributed by atoms with E-state index in [1.54, 1.807) is 18.6 Å². The molecule has 3 rings (SSSR count). The molecule has 2 aromatic carbocycles. The Hall–Kier alpha value is -3.12. The van der Waals surface area contributed by atoms with E-state index in [2.05, 4.69) is 20.5 Å². The number of nitrogens with one attached hydrogen (secondary N) is 1. The van der Waals surface area contributed by atoms with Crippen LogP contribution in [0.1, 0.15) is 11.1 Å². The molecule has 1 heterocycles. The number of hydrazone groups is 1. The highest BCUT2D eigenvalue weighted by Crippen LogP contribution is 2.11. The predicted octanol–water partition coefficient (Wildman–Crippen LogP) is 1.65. The maximum absolute atomic E-state index is 12.0. The molecule has 0 saturated carbocycles. The lowest BCUT2D eigenvalue weighted by atomic mass is 10.1. The number of amides is 1. The second-order valence-corrected chi connectivity index (χ2v) is 5.30. The monoisotopic (exact) mass is 319 g/mol. The lowest BCUT2D eigenvalue weighted by molar-refractivity contribution is -0.122. The van der Waals surface area contributed by atoms with Gasteiger partial charge in [0.1, 0.15) is 0 Å². The molecule has 0 bridgehead atoms. The number of rotatable bonds is 5. The van der Waals surface area contributed by atoms with Crippen LogP contribution in [0.25, 0.3) is 11.0 Å². The molecule has 3 aromatic rings. The van der Waals surface area contributed by atoms with E-state index in [9.17, 15) is 4.79 Å². The first kappa shape index (κ1) is 15.8. The van der Waals surface area contributed by atoms with E-state index in [4.69, 9.17) is 5.73 Å². The number of hydrogen-bond acceptors (Lipinski definition) is 5. The van der Waals surface area contributed by atoms with Crippen LogP contribution in [0.15, 0.2) is 66.0 Å². The highest BCUT2D eigenvalue weighted by Gasteiger charge is 2.13. The molecule has 0 saturated heterocycles. The Kier molecular flexibility index (Phi) is 4.88. The number of nitrogens with zero attached hydrogens (tertiary/aromatic N) is 3. The van der Waals surface area contributed by atoms with Crippen molar-refractivity contribution >= 4 is 23.2 Å². The summed E-state index contributed by atoms with van der Waals surface area (Å²) in [5.41, 5.74) is 11.7. The second-order valence-electron chi connectivity index (χ2n) is 5.30. The first-order chi connectivity index (χ1) is 11.7. The van der Waals surface area contributed by atoms with Crippen molar-refractivity contribution in [3.63, 3.8) is 0 Å². The number of carbonyl (C=O) groups excluding carboxylic acids is 1. The quantitative estimate of drug-likeness (QED) is 0.552. The van der Waals surface area contributed by atoms with Gasteiger partial charge in [-0.25, -0.2) is 5.43 Å². The predicted molar refractivity (Wildman–Crippen MR) is 93.4 cm³/mol. The van der Waals surface area contributed by atoms with Crippen LogP contribution in [0.2, 0.25) is 0 Å². The van der Waals surface area contributed by atoms with E-state index >= 15 is 0 Å². The molecule has 6 heteroatoms. The minimum Gasteiger partial charge on any atom is -0.320 e. The highest BCUT2D eigenvalue weighted by atomic mass is 16.2. The van der Waals surface area contributed by atoms with E-state index < -0.39 is 6.04 Å². The molecule has 0 aliphatic heterocycles. The lowest BCUT2D eigenvalue weighted by Crippen LogP contribution is -2.39. The number of fused-ring (bicyclic) bond motifs is 1. The zero-order chi connectivity index (χ0) is 16.8. The average Bonchev–Trinajstić information content (AvgIpc) is 2.62. The van der Waals surface area contributed by atoms with Crippen LogP contribution in [0.4, 0.5) is 0 Å². The van der Waals surface area contributed by atoms with Crippen LogP contribution in [0, 0.1) is 0 Å². The van der Waals surface area contributed by atoms with Gasteiger partial charge >= 0.3 is 0 Å². The summed E-state index contributed by atoms with van der Waals surface area (Å²) in [6, 6.07) is 14.6. The minimum absolute atomic E-state index is 0.332. The van der Waals surface area contributed by atoms with Crippen LogP contribution in [0.3, 0.4) is 0 Å². The van der Waals surface area contributed by atoms with E-state index in [-0.39, 0.29) is 5.91 Å². The topological polar surface area (TPSA) is 93.3 Å². The Morgan fingerprint density at radius 2 is 1.92 bits per heavy atom. The molecule has 0 spiro atoms. The van der Waals surface area contributed by atoms with Gasteiger partial charge in [0.15, 0.2) is 0 Å². The molecule has 0 fully saturated rings. The molecular weight excluding hydrogens is 302 g/mol. The fraction of sp³-hybridized carbons (Fsp3) is 0.111. The summed E-state index contributed by atoms with van der Waals surface area (Å²) in [5.74, 6) is -0.332. The Bertz CT molecular complexity index is 858. The van der Waals surface area contributed by atoms with Gasteiger partial charge in [-0.3, -0.25) is 14.8 Å². The third kappa shape index (κ3) is 3.80. The number of aromatic nitrogens is 2. The van der Waals surface area contributed by atoms with Crippen LogP contribution in [-0.2, 0) is 11.2 Å². The number of benzene rings is 2. The van der Waals surface area contributed by atoms with Crippen LogP contribution in [-0.4, -0.2) is 28.1 Å². The molecule has 0 aliphatic carbocycles. The van der Waals surface area contributed by atoms with Crippen molar-refractivity contribution in [2.75, 3.05) is 0 Å². The molecule has 120 valence electrons. The zero-order valence-corrected chi connectivity index (χ0v) is 13.0. The molecule has 24 heavy (non-hydrogen) atoms. The van der Waals surface area contributed by atoms with Crippen molar-refractivity contribution < 1.29 is 4.79 Å². The molecule has 0 unspecified atom stereocenters. The van der Waals surface area contributed by atoms with Gasteiger partial charge in [0, 0.05) is 18.0 Å². The number of para-hydroxylation sites is 1. The van der Waals surface area contributed by atoms with Gasteiger partial charge < -0.3 is 5.73 Å². The van der Waals surface area contributed by atoms with Crippen LogP contribution in [0.5, 0.6) is 0 Å². The van der Waals surface area contributed by atoms with Crippen LogP contribution >= 0.6 is 0 Å². The Morgan fingerprint density at radius 3 is 2.75 bits per heavy atom. The summed E-state index contributed by atoms with van der Waals surface area (Å²) in [7, 11) is 0. The maximum Gasteiger partial charge on any atom is 0.257 e. The van der Waals surface area contributed by atoms with Crippen LogP contribution < -0.4 is 11.2 Å². The van der Waals surface area contributed by atoms with Crippen molar-refractivity contribution in [1.82, 2.24) is 15.4 Å². The van der Waals surface area contributed by atoms with Gasteiger partial charge in [0.25, 0.3) is 5.91 Å². The molecule has 1 amide bonds. The summed E-state index contributed by atoms with van der Waals surface area (Å²) < 4.78 is 0. The zero-order valence-electron chi connectivity index (χ0n) is 13.0. The van der Waals surface area contributed by atoms with Crippen molar-refractivity contribution in [3.8, 4) is 0 Å². The first-order valence-electron chi connectivity index (χ1n) is 7.56. The lowest BCUT2D eigenvalue weighted by Gasteiger charge is -2.09. The van der Waals surface area contributed by atoms with E-state index in [1.807, 2.05) is 48.5 Å². The molecule has 6 nitrogen and oxygen atoms in total. The summed E-state index contributed by atoms with van der Waals surface area (Å²) in [6.45, 7) is 0. The second kappa shape index (κ2) is 7.43. The van der Waals surface area contributed by atoms with Crippen molar-refractivity contribution in [2.45, 2.75) is 12.5 Å².